The van der Waals surface area contributed by atoms with Crippen molar-refractivity contribution in [2.24, 2.45) is 10.9 Å². The number of fused-ring (bicyclic) bond motifs is 1. The molecule has 0 spiro atoms. The summed E-state index contributed by atoms with van der Waals surface area (Å²) in [5, 5.41) is 3.23. The average Bonchev–Trinajstić information content (AvgIpc) is 3.31. The molecule has 3 atom stereocenters. The van der Waals surface area contributed by atoms with E-state index in [9.17, 15) is 9.59 Å². The van der Waals surface area contributed by atoms with Crippen molar-refractivity contribution < 1.29 is 14.3 Å². The van der Waals surface area contributed by atoms with Gasteiger partial charge in [0.2, 0.25) is 0 Å². The highest BCUT2D eigenvalue weighted by atomic mass is 32.2. The SMILES string of the molecule is COc1ccc(N2CCN(C3=NC4C(C(=O)NC(=O)N4C)N3CC(C)CSc3ncccn3)CC2)cc1. The van der Waals surface area contributed by atoms with Crippen LogP contribution in [0.15, 0.2) is 52.9 Å². The van der Waals surface area contributed by atoms with Gasteiger partial charge >= 0.3 is 6.03 Å². The number of guanidine groups is 1. The summed E-state index contributed by atoms with van der Waals surface area (Å²) in [6.07, 6.45) is 2.94. The molecule has 11 nitrogen and oxygen atoms in total. The van der Waals surface area contributed by atoms with Crippen molar-refractivity contribution in [3.8, 4) is 5.75 Å². The molecule has 0 saturated carbocycles. The summed E-state index contributed by atoms with van der Waals surface area (Å²) < 4.78 is 5.28. The number of hydrogen-bond acceptors (Lipinski definition) is 10. The molecule has 196 valence electrons. The van der Waals surface area contributed by atoms with Gasteiger partial charge in [-0.15, -0.1) is 0 Å². The van der Waals surface area contributed by atoms with Crippen molar-refractivity contribution in [2.75, 3.05) is 57.5 Å². The van der Waals surface area contributed by atoms with Crippen LogP contribution in [0.3, 0.4) is 0 Å². The van der Waals surface area contributed by atoms with Crippen LogP contribution in [0.5, 0.6) is 5.75 Å². The number of likely N-dealkylation sites (N-methyl/N-ethyl adjacent to an activating group) is 1. The number of carbonyl (C=O) groups is 2. The zero-order valence-electron chi connectivity index (χ0n) is 21.3. The van der Waals surface area contributed by atoms with Crippen LogP contribution in [0.1, 0.15) is 6.92 Å². The number of aliphatic imine (C=N–C) groups is 1. The van der Waals surface area contributed by atoms with Crippen molar-refractivity contribution in [1.29, 1.82) is 0 Å². The highest BCUT2D eigenvalue weighted by Crippen LogP contribution is 2.29. The lowest BCUT2D eigenvalue weighted by atomic mass is 10.1. The first-order valence-electron chi connectivity index (χ1n) is 12.4. The molecule has 37 heavy (non-hydrogen) atoms. The maximum Gasteiger partial charge on any atom is 0.325 e. The first kappa shape index (κ1) is 25.1. The van der Waals surface area contributed by atoms with E-state index in [1.165, 1.54) is 4.90 Å². The molecular formula is C25H32N8O3S. The Morgan fingerprint density at radius 1 is 1.08 bits per heavy atom. The molecular weight excluding hydrogens is 492 g/mol. The Labute approximate surface area is 220 Å². The van der Waals surface area contributed by atoms with Gasteiger partial charge in [-0.05, 0) is 36.2 Å². The van der Waals surface area contributed by atoms with E-state index in [2.05, 4.69) is 49.0 Å². The summed E-state index contributed by atoms with van der Waals surface area (Å²) in [7, 11) is 3.36. The Balaban J connectivity index is 1.29. The molecule has 3 amide bonds. The minimum absolute atomic E-state index is 0.231. The number of anilines is 1. The second-order valence-corrected chi connectivity index (χ2v) is 10.5. The number of benzene rings is 1. The molecule has 3 aliphatic rings. The van der Waals surface area contributed by atoms with Gasteiger partial charge in [0.05, 0.1) is 7.11 Å². The molecule has 2 saturated heterocycles. The Morgan fingerprint density at radius 3 is 2.43 bits per heavy atom. The van der Waals surface area contributed by atoms with Crippen molar-refractivity contribution in [2.45, 2.75) is 24.3 Å². The minimum Gasteiger partial charge on any atom is -0.497 e. The Morgan fingerprint density at radius 2 is 1.76 bits per heavy atom. The van der Waals surface area contributed by atoms with Gasteiger partial charge in [0.25, 0.3) is 5.91 Å². The second kappa shape index (κ2) is 10.8. The van der Waals surface area contributed by atoms with Gasteiger partial charge in [0.15, 0.2) is 23.3 Å². The molecule has 3 unspecified atom stereocenters. The molecule has 0 bridgehead atoms. The van der Waals surface area contributed by atoms with Crippen LogP contribution in [-0.2, 0) is 4.79 Å². The van der Waals surface area contributed by atoms with Crippen molar-refractivity contribution in [1.82, 2.24) is 30.0 Å². The summed E-state index contributed by atoms with van der Waals surface area (Å²) in [5.74, 6) is 2.36. The monoisotopic (exact) mass is 524 g/mol. The summed E-state index contributed by atoms with van der Waals surface area (Å²) >= 11 is 1.60. The average molecular weight is 525 g/mol. The van der Waals surface area contributed by atoms with Gasteiger partial charge < -0.3 is 24.3 Å². The molecule has 5 rings (SSSR count). The van der Waals surface area contributed by atoms with Crippen molar-refractivity contribution in [3.05, 3.63) is 42.7 Å². The number of hydrogen-bond donors (Lipinski definition) is 1. The number of piperazine rings is 1. The first-order chi connectivity index (χ1) is 17.9. The van der Waals surface area contributed by atoms with E-state index >= 15 is 0 Å². The fourth-order valence-corrected chi connectivity index (χ4v) is 5.70. The molecule has 1 N–H and O–H groups in total. The zero-order valence-corrected chi connectivity index (χ0v) is 22.1. The predicted molar refractivity (Wildman–Crippen MR) is 142 cm³/mol. The van der Waals surface area contributed by atoms with Gasteiger partial charge in [-0.2, -0.15) is 0 Å². The van der Waals surface area contributed by atoms with Crippen LogP contribution in [0.4, 0.5) is 10.5 Å². The summed E-state index contributed by atoms with van der Waals surface area (Å²) in [6, 6.07) is 8.94. The maximum absolute atomic E-state index is 13.0. The molecule has 12 heteroatoms. The number of carbonyl (C=O) groups excluding carboxylic acids is 2. The van der Waals surface area contributed by atoms with Crippen LogP contribution >= 0.6 is 11.8 Å². The lowest BCUT2D eigenvalue weighted by Crippen LogP contribution is -2.65. The predicted octanol–water partition coefficient (Wildman–Crippen LogP) is 1.58. The number of methoxy groups -OCH3 is 1. The van der Waals surface area contributed by atoms with Gasteiger partial charge in [-0.3, -0.25) is 10.1 Å². The quantitative estimate of drug-likeness (QED) is 0.427. The van der Waals surface area contributed by atoms with Crippen molar-refractivity contribution >= 4 is 35.3 Å². The molecule has 3 aliphatic heterocycles. The largest absolute Gasteiger partial charge is 0.497 e. The molecule has 0 radical (unpaired) electrons. The summed E-state index contributed by atoms with van der Waals surface area (Å²) in [6.45, 7) is 5.96. The number of imide groups is 1. The van der Waals surface area contributed by atoms with E-state index in [1.807, 2.05) is 12.1 Å². The fraction of sp³-hybridized carbons (Fsp3) is 0.480. The van der Waals surface area contributed by atoms with E-state index in [0.29, 0.717) is 6.54 Å². The molecule has 1 aromatic carbocycles. The number of ether oxygens (including phenoxy) is 1. The smallest absolute Gasteiger partial charge is 0.325 e. The third kappa shape index (κ3) is 5.29. The lowest BCUT2D eigenvalue weighted by Gasteiger charge is -2.41. The van der Waals surface area contributed by atoms with Crippen LogP contribution in [0.2, 0.25) is 0 Å². The fourth-order valence-electron chi connectivity index (χ4n) is 4.89. The highest BCUT2D eigenvalue weighted by Gasteiger charge is 2.50. The molecule has 2 fully saturated rings. The summed E-state index contributed by atoms with van der Waals surface area (Å²) in [5.41, 5.74) is 1.15. The molecule has 4 heterocycles. The molecule has 2 aromatic rings. The third-order valence-electron chi connectivity index (χ3n) is 6.89. The third-order valence-corrected chi connectivity index (χ3v) is 8.09. The van der Waals surface area contributed by atoms with E-state index in [0.717, 1.165) is 54.5 Å². The number of rotatable bonds is 7. The zero-order chi connectivity index (χ0) is 25.9. The maximum atomic E-state index is 13.0. The number of urea groups is 1. The second-order valence-electron chi connectivity index (χ2n) is 9.46. The van der Waals surface area contributed by atoms with Gasteiger partial charge in [0.1, 0.15) is 5.75 Å². The number of nitrogens with one attached hydrogen (secondary N) is 1. The standard InChI is InChI=1S/C25H32N8O3S/c1-17(16-37-23-26-9-4-10-27-23)15-33-20-21(30(2)25(35)29-22(20)34)28-24(33)32-13-11-31(12-14-32)18-5-7-19(36-3)8-6-18/h4-10,17,20-21H,11-16H2,1-3H3,(H,29,34,35). The van der Waals surface area contributed by atoms with Crippen LogP contribution in [0, 0.1) is 5.92 Å². The minimum atomic E-state index is -0.544. The first-order valence-corrected chi connectivity index (χ1v) is 13.4. The Bertz CT molecular complexity index is 1140. The van der Waals surface area contributed by atoms with Gasteiger partial charge in [-0.25, -0.2) is 19.8 Å². The topological polar surface area (TPSA) is 106 Å². The van der Waals surface area contributed by atoms with E-state index in [1.54, 1.807) is 44.4 Å². The number of thioether (sulfide) groups is 1. The van der Waals surface area contributed by atoms with Crippen LogP contribution in [0.25, 0.3) is 0 Å². The Hall–Kier alpha value is -3.54. The van der Waals surface area contributed by atoms with Gasteiger partial charge in [0, 0.05) is 63.6 Å². The highest BCUT2D eigenvalue weighted by molar-refractivity contribution is 7.99. The van der Waals surface area contributed by atoms with Crippen LogP contribution in [-0.4, -0.2) is 107 Å². The number of aromatic nitrogens is 2. The molecule has 1 aromatic heterocycles. The van der Waals surface area contributed by atoms with E-state index in [-0.39, 0.29) is 11.8 Å². The van der Waals surface area contributed by atoms with Crippen LogP contribution < -0.4 is 15.0 Å². The number of nitrogens with zero attached hydrogens (tertiary/aromatic N) is 7. The lowest BCUT2D eigenvalue weighted by molar-refractivity contribution is -0.127. The van der Waals surface area contributed by atoms with E-state index in [4.69, 9.17) is 9.73 Å². The Kier molecular flexibility index (Phi) is 7.36. The molecule has 0 aliphatic carbocycles. The van der Waals surface area contributed by atoms with E-state index < -0.39 is 18.2 Å². The number of amides is 3. The van der Waals surface area contributed by atoms with Gasteiger partial charge in [-0.1, -0.05) is 18.7 Å². The summed E-state index contributed by atoms with van der Waals surface area (Å²) in [4.78, 5) is 47.0. The van der Waals surface area contributed by atoms with Crippen molar-refractivity contribution in [3.63, 3.8) is 0 Å². The normalized spacial score (nSPS) is 22.5.